The van der Waals surface area contributed by atoms with E-state index in [-0.39, 0.29) is 11.8 Å². The molecule has 3 aliphatic rings. The molecule has 118 valence electrons. The smallest absolute Gasteiger partial charge is 0.228 e. The van der Waals surface area contributed by atoms with Crippen LogP contribution < -0.4 is 5.32 Å². The van der Waals surface area contributed by atoms with Gasteiger partial charge >= 0.3 is 0 Å². The van der Waals surface area contributed by atoms with Crippen molar-refractivity contribution in [1.29, 1.82) is 0 Å². The summed E-state index contributed by atoms with van der Waals surface area (Å²) < 4.78 is 13.0. The van der Waals surface area contributed by atoms with Crippen LogP contribution in [0.2, 0.25) is 0 Å². The number of nitrogens with one attached hydrogen (secondary N) is 1. The highest BCUT2D eigenvalue weighted by Crippen LogP contribution is 2.53. The minimum Gasteiger partial charge on any atom is -0.326 e. The fraction of sp³-hybridized carbons (Fsp3) is 0.389. The summed E-state index contributed by atoms with van der Waals surface area (Å²) in [6, 6.07) is 5.68. The maximum absolute atomic E-state index is 13.0. The Hall–Kier alpha value is -2.30. The third-order valence-electron chi connectivity index (χ3n) is 5.20. The molecule has 4 nitrogen and oxygen atoms in total. The molecule has 2 atom stereocenters. The van der Waals surface area contributed by atoms with Crippen molar-refractivity contribution in [3.05, 3.63) is 42.0 Å². The molecule has 0 saturated heterocycles. The normalized spacial score (nSPS) is 25.0. The molecule has 0 radical (unpaired) electrons. The van der Waals surface area contributed by atoms with E-state index in [1.807, 2.05) is 25.1 Å². The second-order valence-electron chi connectivity index (χ2n) is 6.60. The number of hydrogen-bond donors (Lipinski definition) is 1. The van der Waals surface area contributed by atoms with Crippen LogP contribution in [0.5, 0.6) is 0 Å². The number of halogens is 1. The zero-order valence-electron chi connectivity index (χ0n) is 12.9. The fourth-order valence-electron chi connectivity index (χ4n) is 3.94. The second kappa shape index (κ2) is 5.41. The summed E-state index contributed by atoms with van der Waals surface area (Å²) >= 11 is 0. The van der Waals surface area contributed by atoms with Crippen LogP contribution in [-0.2, 0) is 4.79 Å². The lowest BCUT2D eigenvalue weighted by Crippen LogP contribution is -2.38. The number of fused-ring (bicyclic) bond motifs is 1. The SMILES string of the molecule is Cc1ccc(NC(=O)C2C3CCC2C3)cc1-c1ncc(F)cn1. The maximum atomic E-state index is 13.0. The van der Waals surface area contributed by atoms with Gasteiger partial charge in [0.1, 0.15) is 0 Å². The summed E-state index contributed by atoms with van der Waals surface area (Å²) in [6.07, 6.45) is 5.88. The Bertz CT molecular complexity index is 745. The van der Waals surface area contributed by atoms with E-state index in [4.69, 9.17) is 0 Å². The van der Waals surface area contributed by atoms with Gasteiger partial charge in [0, 0.05) is 17.2 Å². The van der Waals surface area contributed by atoms with Gasteiger partial charge in [0.2, 0.25) is 5.91 Å². The summed E-state index contributed by atoms with van der Waals surface area (Å²) in [4.78, 5) is 20.5. The van der Waals surface area contributed by atoms with Gasteiger partial charge in [-0.15, -0.1) is 0 Å². The minimum atomic E-state index is -0.462. The van der Waals surface area contributed by atoms with E-state index < -0.39 is 5.82 Å². The number of carbonyl (C=O) groups excluding carboxylic acids is 1. The highest BCUT2D eigenvalue weighted by atomic mass is 19.1. The number of benzene rings is 1. The third-order valence-corrected chi connectivity index (χ3v) is 5.20. The molecular formula is C18H18FN3O. The molecule has 0 aliphatic heterocycles. The van der Waals surface area contributed by atoms with Gasteiger partial charge in [-0.1, -0.05) is 6.07 Å². The molecule has 0 spiro atoms. The first-order valence-corrected chi connectivity index (χ1v) is 8.01. The zero-order chi connectivity index (χ0) is 16.0. The Morgan fingerprint density at radius 1 is 1.22 bits per heavy atom. The van der Waals surface area contributed by atoms with Crippen molar-refractivity contribution in [2.75, 3.05) is 5.32 Å². The molecule has 3 aliphatic carbocycles. The Morgan fingerprint density at radius 3 is 2.57 bits per heavy atom. The first-order chi connectivity index (χ1) is 11.1. The van der Waals surface area contributed by atoms with Crippen LogP contribution >= 0.6 is 0 Å². The molecule has 1 aromatic carbocycles. The monoisotopic (exact) mass is 311 g/mol. The highest BCUT2D eigenvalue weighted by molar-refractivity contribution is 5.94. The quantitative estimate of drug-likeness (QED) is 0.942. The van der Waals surface area contributed by atoms with E-state index in [9.17, 15) is 9.18 Å². The van der Waals surface area contributed by atoms with Gasteiger partial charge in [0.05, 0.1) is 12.4 Å². The van der Waals surface area contributed by atoms with Gasteiger partial charge in [0.25, 0.3) is 0 Å². The molecule has 23 heavy (non-hydrogen) atoms. The van der Waals surface area contributed by atoms with E-state index in [2.05, 4.69) is 15.3 Å². The van der Waals surface area contributed by atoms with Crippen LogP contribution in [-0.4, -0.2) is 15.9 Å². The van der Waals surface area contributed by atoms with E-state index in [1.54, 1.807) is 0 Å². The molecule has 1 amide bonds. The number of carbonyl (C=O) groups is 1. The van der Waals surface area contributed by atoms with Gasteiger partial charge in [-0.05, 0) is 55.7 Å². The van der Waals surface area contributed by atoms with Crippen LogP contribution in [0.3, 0.4) is 0 Å². The topological polar surface area (TPSA) is 54.9 Å². The number of nitrogens with zero attached hydrogens (tertiary/aromatic N) is 2. The highest BCUT2D eigenvalue weighted by Gasteiger charge is 2.50. The molecule has 1 N–H and O–H groups in total. The molecule has 3 fully saturated rings. The summed E-state index contributed by atoms with van der Waals surface area (Å²) in [5.74, 6) is 1.45. The molecule has 5 heteroatoms. The van der Waals surface area contributed by atoms with Crippen LogP contribution in [0.15, 0.2) is 30.6 Å². The van der Waals surface area contributed by atoms with Gasteiger partial charge in [-0.25, -0.2) is 14.4 Å². The van der Waals surface area contributed by atoms with Crippen LogP contribution in [0, 0.1) is 30.5 Å². The summed E-state index contributed by atoms with van der Waals surface area (Å²) in [5, 5.41) is 3.02. The number of aromatic nitrogens is 2. The maximum Gasteiger partial charge on any atom is 0.228 e. The average Bonchev–Trinajstić information content (AvgIpc) is 3.14. The lowest BCUT2D eigenvalue weighted by atomic mass is 9.72. The van der Waals surface area contributed by atoms with Crippen molar-refractivity contribution in [3.8, 4) is 11.4 Å². The van der Waals surface area contributed by atoms with Crippen molar-refractivity contribution in [2.24, 2.45) is 17.8 Å². The lowest BCUT2D eigenvalue weighted by Gasteiger charge is -2.34. The number of amides is 1. The second-order valence-corrected chi connectivity index (χ2v) is 6.60. The molecule has 2 bridgehead atoms. The van der Waals surface area contributed by atoms with E-state index in [0.29, 0.717) is 17.7 Å². The summed E-state index contributed by atoms with van der Waals surface area (Å²) in [6.45, 7) is 1.94. The Morgan fingerprint density at radius 2 is 1.91 bits per heavy atom. The number of hydrogen-bond acceptors (Lipinski definition) is 3. The largest absolute Gasteiger partial charge is 0.326 e. The van der Waals surface area contributed by atoms with Crippen molar-refractivity contribution >= 4 is 11.6 Å². The Balaban J connectivity index is 1.57. The van der Waals surface area contributed by atoms with Gasteiger partial charge < -0.3 is 5.32 Å². The minimum absolute atomic E-state index is 0.124. The van der Waals surface area contributed by atoms with E-state index in [0.717, 1.165) is 29.2 Å². The lowest BCUT2D eigenvalue weighted by molar-refractivity contribution is -0.125. The number of aryl methyl sites for hydroxylation is 1. The summed E-state index contributed by atoms with van der Waals surface area (Å²) in [5.41, 5.74) is 2.53. The van der Waals surface area contributed by atoms with Crippen LogP contribution in [0.4, 0.5) is 10.1 Å². The van der Waals surface area contributed by atoms with Crippen molar-refractivity contribution in [2.45, 2.75) is 26.2 Å². The predicted molar refractivity (Wildman–Crippen MR) is 85.1 cm³/mol. The molecule has 2 unspecified atom stereocenters. The Kier molecular flexibility index (Phi) is 3.36. The van der Waals surface area contributed by atoms with Crippen LogP contribution in [0.25, 0.3) is 11.4 Å². The molecule has 1 heterocycles. The standard InChI is InChI=1S/C18H18FN3O/c1-10-2-5-14(7-15(10)17-20-8-13(19)9-21-17)22-18(23)16-11-3-4-12(16)6-11/h2,5,7-9,11-12,16H,3-4,6H2,1H3,(H,22,23). The third kappa shape index (κ3) is 2.50. The predicted octanol–water partition coefficient (Wildman–Crippen LogP) is 3.58. The summed E-state index contributed by atoms with van der Waals surface area (Å²) in [7, 11) is 0. The molecule has 5 rings (SSSR count). The first kappa shape index (κ1) is 14.3. The molecular weight excluding hydrogens is 293 g/mol. The Labute approximate surface area is 134 Å². The van der Waals surface area contributed by atoms with Crippen molar-refractivity contribution < 1.29 is 9.18 Å². The molecule has 2 aromatic rings. The number of anilines is 1. The fourth-order valence-corrected chi connectivity index (χ4v) is 3.94. The average molecular weight is 311 g/mol. The first-order valence-electron chi connectivity index (χ1n) is 8.01. The van der Waals surface area contributed by atoms with Crippen molar-refractivity contribution in [1.82, 2.24) is 9.97 Å². The molecule has 1 aromatic heterocycles. The van der Waals surface area contributed by atoms with Crippen molar-refractivity contribution in [3.63, 3.8) is 0 Å². The van der Waals surface area contributed by atoms with Gasteiger partial charge in [-0.2, -0.15) is 0 Å². The number of rotatable bonds is 3. The van der Waals surface area contributed by atoms with E-state index >= 15 is 0 Å². The van der Waals surface area contributed by atoms with Crippen LogP contribution in [0.1, 0.15) is 24.8 Å². The van der Waals surface area contributed by atoms with E-state index in [1.165, 1.54) is 19.3 Å². The molecule has 3 saturated carbocycles. The zero-order valence-corrected chi connectivity index (χ0v) is 12.9. The van der Waals surface area contributed by atoms with Gasteiger partial charge in [0.15, 0.2) is 11.6 Å². The van der Waals surface area contributed by atoms with Gasteiger partial charge in [-0.3, -0.25) is 4.79 Å².